The summed E-state index contributed by atoms with van der Waals surface area (Å²) >= 11 is 0. The SMILES string of the molecule is C[C@@H](Cc1ccc(F)c(F)c1)C(=O)N[C@H]1N=C(c2ccc3c(c2)OCO3)c2ccccc2NC1=O. The van der Waals surface area contributed by atoms with E-state index in [0.29, 0.717) is 39.6 Å². The largest absolute Gasteiger partial charge is 0.454 e. The third-order valence-electron chi connectivity index (χ3n) is 5.85. The molecule has 3 aromatic carbocycles. The molecule has 0 aromatic heterocycles. The number of nitrogens with zero attached hydrogens (tertiary/aromatic N) is 1. The van der Waals surface area contributed by atoms with Crippen LogP contribution in [0.5, 0.6) is 11.5 Å². The molecule has 9 heteroatoms. The second-order valence-corrected chi connectivity index (χ2v) is 8.35. The van der Waals surface area contributed by atoms with E-state index in [9.17, 15) is 18.4 Å². The molecule has 5 rings (SSSR count). The van der Waals surface area contributed by atoms with Crippen LogP contribution in [0.4, 0.5) is 14.5 Å². The number of benzene rings is 3. The van der Waals surface area contributed by atoms with E-state index in [4.69, 9.17) is 9.47 Å². The molecule has 0 radical (unpaired) electrons. The fourth-order valence-electron chi connectivity index (χ4n) is 4.02. The molecular formula is C26H21F2N3O4. The Morgan fingerprint density at radius 1 is 1.09 bits per heavy atom. The molecule has 2 atom stereocenters. The number of benzodiazepines with no additional fused rings is 1. The molecule has 35 heavy (non-hydrogen) atoms. The third kappa shape index (κ3) is 4.57. The lowest BCUT2D eigenvalue weighted by atomic mass is 10.00. The highest BCUT2D eigenvalue weighted by Crippen LogP contribution is 2.34. The molecular weight excluding hydrogens is 456 g/mol. The maximum atomic E-state index is 13.6. The summed E-state index contributed by atoms with van der Waals surface area (Å²) in [6.07, 6.45) is -1.04. The average Bonchev–Trinajstić information content (AvgIpc) is 3.27. The van der Waals surface area contributed by atoms with Crippen molar-refractivity contribution in [2.75, 3.05) is 12.1 Å². The van der Waals surface area contributed by atoms with Crippen LogP contribution in [0.2, 0.25) is 0 Å². The van der Waals surface area contributed by atoms with Gasteiger partial charge in [-0.1, -0.05) is 31.2 Å². The van der Waals surface area contributed by atoms with Crippen molar-refractivity contribution >= 4 is 23.2 Å². The number of hydrogen-bond acceptors (Lipinski definition) is 5. The number of aliphatic imine (C=N–C) groups is 1. The molecule has 0 aliphatic carbocycles. The minimum absolute atomic E-state index is 0.121. The normalized spacial score (nSPS) is 17.1. The molecule has 0 unspecified atom stereocenters. The number of anilines is 1. The second-order valence-electron chi connectivity index (χ2n) is 8.35. The summed E-state index contributed by atoms with van der Waals surface area (Å²) < 4.78 is 37.6. The van der Waals surface area contributed by atoms with Crippen LogP contribution in [0.25, 0.3) is 0 Å². The van der Waals surface area contributed by atoms with Gasteiger partial charge >= 0.3 is 0 Å². The Morgan fingerprint density at radius 3 is 2.71 bits per heavy atom. The molecule has 3 aromatic rings. The first-order valence-corrected chi connectivity index (χ1v) is 11.0. The van der Waals surface area contributed by atoms with Gasteiger partial charge in [0.1, 0.15) is 0 Å². The first-order chi connectivity index (χ1) is 16.9. The first kappa shape index (κ1) is 22.5. The number of nitrogens with one attached hydrogen (secondary N) is 2. The number of carbonyl (C=O) groups is 2. The predicted molar refractivity (Wildman–Crippen MR) is 124 cm³/mol. The van der Waals surface area contributed by atoms with Crippen molar-refractivity contribution in [1.82, 2.24) is 5.32 Å². The Bertz CT molecular complexity index is 1360. The van der Waals surface area contributed by atoms with Crippen molar-refractivity contribution < 1.29 is 27.8 Å². The van der Waals surface area contributed by atoms with E-state index in [1.165, 1.54) is 6.07 Å². The van der Waals surface area contributed by atoms with Crippen molar-refractivity contribution in [1.29, 1.82) is 0 Å². The van der Waals surface area contributed by atoms with Gasteiger partial charge < -0.3 is 20.1 Å². The van der Waals surface area contributed by atoms with Crippen LogP contribution in [0.15, 0.2) is 65.7 Å². The number of halogens is 2. The molecule has 0 spiro atoms. The predicted octanol–water partition coefficient (Wildman–Crippen LogP) is 3.80. The van der Waals surface area contributed by atoms with Crippen molar-refractivity contribution in [2.24, 2.45) is 10.9 Å². The Kier molecular flexibility index (Phi) is 5.90. The van der Waals surface area contributed by atoms with E-state index in [0.717, 1.165) is 12.1 Å². The van der Waals surface area contributed by atoms with Crippen LogP contribution >= 0.6 is 0 Å². The Labute approximate surface area is 199 Å². The summed E-state index contributed by atoms with van der Waals surface area (Å²) in [6.45, 7) is 1.76. The van der Waals surface area contributed by atoms with Crippen LogP contribution < -0.4 is 20.1 Å². The Hall–Kier alpha value is -4.27. The Balaban J connectivity index is 1.43. The van der Waals surface area contributed by atoms with Crippen LogP contribution in [-0.4, -0.2) is 30.5 Å². The molecule has 2 amide bonds. The van der Waals surface area contributed by atoms with Gasteiger partial charge in [-0.3, -0.25) is 9.59 Å². The molecule has 0 fully saturated rings. The summed E-state index contributed by atoms with van der Waals surface area (Å²) in [5, 5.41) is 5.50. The van der Waals surface area contributed by atoms with Gasteiger partial charge in [-0.05, 0) is 48.4 Å². The van der Waals surface area contributed by atoms with Crippen LogP contribution in [0, 0.1) is 17.6 Å². The summed E-state index contributed by atoms with van der Waals surface area (Å²) in [5.41, 5.74) is 2.89. The lowest BCUT2D eigenvalue weighted by Gasteiger charge is -2.17. The highest BCUT2D eigenvalue weighted by Gasteiger charge is 2.29. The number of ether oxygens (including phenoxy) is 2. The molecule has 2 heterocycles. The first-order valence-electron chi connectivity index (χ1n) is 11.0. The smallest absolute Gasteiger partial charge is 0.269 e. The molecule has 0 saturated heterocycles. The van der Waals surface area contributed by atoms with E-state index in [2.05, 4.69) is 15.6 Å². The van der Waals surface area contributed by atoms with Crippen LogP contribution in [-0.2, 0) is 16.0 Å². The van der Waals surface area contributed by atoms with Gasteiger partial charge in [0.15, 0.2) is 23.1 Å². The van der Waals surface area contributed by atoms with Gasteiger partial charge in [-0.25, -0.2) is 13.8 Å². The second kappa shape index (κ2) is 9.17. The zero-order valence-electron chi connectivity index (χ0n) is 18.7. The van der Waals surface area contributed by atoms with Crippen LogP contribution in [0.1, 0.15) is 23.6 Å². The minimum atomic E-state index is -1.21. The maximum Gasteiger partial charge on any atom is 0.269 e. The van der Waals surface area contributed by atoms with Gasteiger partial charge in [0.2, 0.25) is 18.9 Å². The Morgan fingerprint density at radius 2 is 1.89 bits per heavy atom. The van der Waals surface area contributed by atoms with Gasteiger partial charge in [-0.15, -0.1) is 0 Å². The van der Waals surface area contributed by atoms with Crippen molar-refractivity contribution in [3.05, 3.63) is 89.0 Å². The fraction of sp³-hybridized carbons (Fsp3) is 0.192. The van der Waals surface area contributed by atoms with Gasteiger partial charge in [0, 0.05) is 17.0 Å². The standard InChI is InChI=1S/C26H21F2N3O4/c1-14(10-15-6-8-18(27)19(28)11-15)25(32)31-24-26(33)29-20-5-3-2-4-17(20)23(30-24)16-7-9-21-22(12-16)35-13-34-21/h2-9,11-12,14,24H,10,13H2,1H3,(H,29,33)(H,31,32)/t14-,24+/m0/s1. The van der Waals surface area contributed by atoms with Crippen molar-refractivity contribution in [3.63, 3.8) is 0 Å². The summed E-state index contributed by atoms with van der Waals surface area (Å²) in [5.74, 6) is -2.33. The number of amides is 2. The lowest BCUT2D eigenvalue weighted by molar-refractivity contribution is -0.128. The highest BCUT2D eigenvalue weighted by atomic mass is 19.2. The van der Waals surface area contributed by atoms with E-state index in [-0.39, 0.29) is 13.2 Å². The number of carbonyl (C=O) groups excluding carboxylic acids is 2. The summed E-state index contributed by atoms with van der Waals surface area (Å²) in [4.78, 5) is 30.5. The van der Waals surface area contributed by atoms with E-state index >= 15 is 0 Å². The van der Waals surface area contributed by atoms with E-state index in [1.54, 1.807) is 31.2 Å². The number of rotatable bonds is 5. The topological polar surface area (TPSA) is 89.0 Å². The number of para-hydroxylation sites is 1. The third-order valence-corrected chi connectivity index (χ3v) is 5.85. The number of fused-ring (bicyclic) bond motifs is 2. The zero-order valence-corrected chi connectivity index (χ0v) is 18.7. The molecule has 2 aliphatic rings. The van der Waals surface area contributed by atoms with E-state index < -0.39 is 35.5 Å². The summed E-state index contributed by atoms with van der Waals surface area (Å²) in [6, 6.07) is 16.1. The lowest BCUT2D eigenvalue weighted by Crippen LogP contribution is -2.44. The minimum Gasteiger partial charge on any atom is -0.454 e. The van der Waals surface area contributed by atoms with Crippen molar-refractivity contribution in [3.8, 4) is 11.5 Å². The van der Waals surface area contributed by atoms with Gasteiger partial charge in [0.05, 0.1) is 11.4 Å². The monoisotopic (exact) mass is 477 g/mol. The van der Waals surface area contributed by atoms with Gasteiger partial charge in [0.25, 0.3) is 5.91 Å². The fourth-order valence-corrected chi connectivity index (χ4v) is 4.02. The zero-order chi connectivity index (χ0) is 24.5. The average molecular weight is 477 g/mol. The molecule has 2 N–H and O–H groups in total. The quantitative estimate of drug-likeness (QED) is 0.585. The number of hydrogen-bond donors (Lipinski definition) is 2. The summed E-state index contributed by atoms with van der Waals surface area (Å²) in [7, 11) is 0. The molecule has 2 aliphatic heterocycles. The van der Waals surface area contributed by atoms with Gasteiger partial charge in [-0.2, -0.15) is 0 Å². The molecule has 7 nitrogen and oxygen atoms in total. The van der Waals surface area contributed by atoms with Crippen LogP contribution in [0.3, 0.4) is 0 Å². The molecule has 0 bridgehead atoms. The highest BCUT2D eigenvalue weighted by molar-refractivity contribution is 6.20. The molecule has 0 saturated carbocycles. The van der Waals surface area contributed by atoms with Crippen molar-refractivity contribution in [2.45, 2.75) is 19.5 Å². The van der Waals surface area contributed by atoms with E-state index in [1.807, 2.05) is 18.2 Å². The molecule has 178 valence electrons. The maximum absolute atomic E-state index is 13.6.